The summed E-state index contributed by atoms with van der Waals surface area (Å²) in [6.45, 7) is 0.621. The fourth-order valence-electron chi connectivity index (χ4n) is 2.19. The van der Waals surface area contributed by atoms with E-state index in [1.807, 2.05) is 29.0 Å². The van der Waals surface area contributed by atoms with Crippen LogP contribution in [0.4, 0.5) is 0 Å². The number of nitrogens with zero attached hydrogens (tertiary/aromatic N) is 1. The Kier molecular flexibility index (Phi) is 3.15. The zero-order valence-electron chi connectivity index (χ0n) is 10.8. The maximum Gasteiger partial charge on any atom is 0.337 e. The number of aromatic amines is 2. The van der Waals surface area contributed by atoms with Gasteiger partial charge in [0.1, 0.15) is 0 Å². The third-order valence-electron chi connectivity index (χ3n) is 3.19. The Morgan fingerprint density at radius 1 is 1.40 bits per heavy atom. The highest BCUT2D eigenvalue weighted by Gasteiger charge is 2.10. The highest BCUT2D eigenvalue weighted by atomic mass is 32.1. The summed E-state index contributed by atoms with van der Waals surface area (Å²) in [4.78, 5) is 17.9. The van der Waals surface area contributed by atoms with Gasteiger partial charge in [0, 0.05) is 11.9 Å². The average Bonchev–Trinajstić information content (AvgIpc) is 3.07. The SMILES string of the molecule is COC(=O)c1ccc2[nH]c(=S)n(Cc3ccc[nH]3)c2c1. The van der Waals surface area contributed by atoms with Crippen LogP contribution < -0.4 is 0 Å². The minimum absolute atomic E-state index is 0.356. The third kappa shape index (κ3) is 2.14. The molecule has 0 saturated heterocycles. The van der Waals surface area contributed by atoms with Crippen LogP contribution in [-0.2, 0) is 11.3 Å². The Bertz CT molecular complexity index is 815. The second-order valence-electron chi connectivity index (χ2n) is 4.44. The smallest absolute Gasteiger partial charge is 0.337 e. The lowest BCUT2D eigenvalue weighted by molar-refractivity contribution is 0.0601. The van der Waals surface area contributed by atoms with E-state index in [0.717, 1.165) is 16.7 Å². The molecule has 2 aromatic heterocycles. The molecule has 2 N–H and O–H groups in total. The fraction of sp³-hybridized carbons (Fsp3) is 0.143. The van der Waals surface area contributed by atoms with Crippen LogP contribution >= 0.6 is 12.2 Å². The van der Waals surface area contributed by atoms with Gasteiger partial charge in [-0.3, -0.25) is 0 Å². The van der Waals surface area contributed by atoms with Gasteiger partial charge in [-0.25, -0.2) is 4.79 Å². The molecule has 6 heteroatoms. The van der Waals surface area contributed by atoms with Gasteiger partial charge in [0.05, 0.1) is 30.3 Å². The summed E-state index contributed by atoms with van der Waals surface area (Å²) in [7, 11) is 1.37. The minimum Gasteiger partial charge on any atom is -0.465 e. The van der Waals surface area contributed by atoms with E-state index < -0.39 is 0 Å². The number of rotatable bonds is 3. The van der Waals surface area contributed by atoms with Crippen molar-refractivity contribution in [1.29, 1.82) is 0 Å². The van der Waals surface area contributed by atoms with E-state index in [-0.39, 0.29) is 5.97 Å². The molecule has 5 nitrogen and oxygen atoms in total. The summed E-state index contributed by atoms with van der Waals surface area (Å²) in [5.41, 5.74) is 3.33. The highest BCUT2D eigenvalue weighted by Crippen LogP contribution is 2.18. The number of methoxy groups -OCH3 is 1. The van der Waals surface area contributed by atoms with Crippen molar-refractivity contribution in [2.24, 2.45) is 0 Å². The summed E-state index contributed by atoms with van der Waals surface area (Å²) >= 11 is 5.34. The molecule has 0 radical (unpaired) electrons. The summed E-state index contributed by atoms with van der Waals surface area (Å²) in [6, 6.07) is 9.27. The van der Waals surface area contributed by atoms with E-state index in [1.54, 1.807) is 12.1 Å². The quantitative estimate of drug-likeness (QED) is 0.575. The number of hydrogen-bond acceptors (Lipinski definition) is 3. The Morgan fingerprint density at radius 2 is 2.25 bits per heavy atom. The normalized spacial score (nSPS) is 10.8. The van der Waals surface area contributed by atoms with E-state index in [1.165, 1.54) is 7.11 Å². The van der Waals surface area contributed by atoms with Crippen molar-refractivity contribution in [2.75, 3.05) is 7.11 Å². The summed E-state index contributed by atoms with van der Waals surface area (Å²) < 4.78 is 7.32. The molecule has 20 heavy (non-hydrogen) atoms. The zero-order chi connectivity index (χ0) is 14.1. The molecule has 3 aromatic rings. The molecule has 102 valence electrons. The fourth-order valence-corrected chi connectivity index (χ4v) is 2.46. The maximum absolute atomic E-state index is 11.6. The number of H-pyrrole nitrogens is 2. The standard InChI is InChI=1S/C14H13N3O2S/c1-19-13(18)9-4-5-11-12(7-9)17(14(20)16-11)8-10-3-2-6-15-10/h2-7,15H,8H2,1H3,(H,16,20). The molecule has 0 atom stereocenters. The lowest BCUT2D eigenvalue weighted by Gasteiger charge is -2.04. The largest absolute Gasteiger partial charge is 0.465 e. The van der Waals surface area contributed by atoms with Crippen LogP contribution in [0.2, 0.25) is 0 Å². The number of nitrogens with one attached hydrogen (secondary N) is 2. The molecule has 0 unspecified atom stereocenters. The first-order valence-electron chi connectivity index (χ1n) is 6.12. The summed E-state index contributed by atoms with van der Waals surface area (Å²) in [6.07, 6.45) is 1.87. The molecule has 0 saturated carbocycles. The van der Waals surface area contributed by atoms with Gasteiger partial charge < -0.3 is 19.3 Å². The highest BCUT2D eigenvalue weighted by molar-refractivity contribution is 7.71. The van der Waals surface area contributed by atoms with E-state index in [0.29, 0.717) is 16.9 Å². The lowest BCUT2D eigenvalue weighted by Crippen LogP contribution is -2.03. The second-order valence-corrected chi connectivity index (χ2v) is 4.82. The summed E-state index contributed by atoms with van der Waals surface area (Å²) in [5.74, 6) is -0.356. The number of imidazole rings is 1. The van der Waals surface area contributed by atoms with Crippen molar-refractivity contribution in [2.45, 2.75) is 6.54 Å². The first-order chi connectivity index (χ1) is 9.69. The van der Waals surface area contributed by atoms with E-state index in [4.69, 9.17) is 17.0 Å². The van der Waals surface area contributed by atoms with Crippen LogP contribution in [0, 0.1) is 4.77 Å². The van der Waals surface area contributed by atoms with E-state index in [2.05, 4.69) is 9.97 Å². The third-order valence-corrected chi connectivity index (χ3v) is 3.51. The lowest BCUT2D eigenvalue weighted by atomic mass is 10.2. The second kappa shape index (κ2) is 4.97. The number of carbonyl (C=O) groups is 1. The molecule has 2 heterocycles. The minimum atomic E-state index is -0.356. The molecular formula is C14H13N3O2S. The van der Waals surface area contributed by atoms with Gasteiger partial charge in [0.15, 0.2) is 4.77 Å². The molecule has 0 amide bonds. The average molecular weight is 287 g/mol. The van der Waals surface area contributed by atoms with Gasteiger partial charge in [-0.05, 0) is 42.5 Å². The van der Waals surface area contributed by atoms with Crippen molar-refractivity contribution in [3.63, 3.8) is 0 Å². The predicted octanol–water partition coefficient (Wildman–Crippen LogP) is 2.86. The molecule has 0 bridgehead atoms. The van der Waals surface area contributed by atoms with Gasteiger partial charge >= 0.3 is 5.97 Å². The van der Waals surface area contributed by atoms with E-state index in [9.17, 15) is 4.79 Å². The van der Waals surface area contributed by atoms with Crippen LogP contribution in [0.5, 0.6) is 0 Å². The number of carbonyl (C=O) groups excluding carboxylic acids is 1. The Morgan fingerprint density at radius 3 is 2.95 bits per heavy atom. The molecule has 3 rings (SSSR count). The van der Waals surface area contributed by atoms with Gasteiger partial charge in [-0.1, -0.05) is 0 Å². The monoisotopic (exact) mass is 287 g/mol. The van der Waals surface area contributed by atoms with Crippen molar-refractivity contribution in [1.82, 2.24) is 14.5 Å². The van der Waals surface area contributed by atoms with Crippen LogP contribution in [-0.4, -0.2) is 27.6 Å². The molecule has 0 aliphatic heterocycles. The van der Waals surface area contributed by atoms with Crippen molar-refractivity contribution >= 4 is 29.2 Å². The van der Waals surface area contributed by atoms with Crippen LogP contribution in [0.3, 0.4) is 0 Å². The molecular weight excluding hydrogens is 274 g/mol. The number of ether oxygens (including phenoxy) is 1. The van der Waals surface area contributed by atoms with Gasteiger partial charge in [0.25, 0.3) is 0 Å². The topological polar surface area (TPSA) is 62.8 Å². The Labute approximate surface area is 120 Å². The van der Waals surface area contributed by atoms with Crippen molar-refractivity contribution in [3.05, 3.63) is 52.6 Å². The number of aromatic nitrogens is 3. The number of fused-ring (bicyclic) bond motifs is 1. The van der Waals surface area contributed by atoms with E-state index >= 15 is 0 Å². The maximum atomic E-state index is 11.6. The number of esters is 1. The van der Waals surface area contributed by atoms with Crippen LogP contribution in [0.1, 0.15) is 16.1 Å². The predicted molar refractivity (Wildman–Crippen MR) is 78.4 cm³/mol. The molecule has 0 fully saturated rings. The molecule has 0 spiro atoms. The van der Waals surface area contributed by atoms with Crippen molar-refractivity contribution < 1.29 is 9.53 Å². The van der Waals surface area contributed by atoms with Crippen LogP contribution in [0.25, 0.3) is 11.0 Å². The number of hydrogen-bond donors (Lipinski definition) is 2. The first kappa shape index (κ1) is 12.7. The van der Waals surface area contributed by atoms with Crippen molar-refractivity contribution in [3.8, 4) is 0 Å². The first-order valence-corrected chi connectivity index (χ1v) is 6.53. The Balaban J connectivity index is 2.12. The van der Waals surface area contributed by atoms with Gasteiger partial charge in [-0.15, -0.1) is 0 Å². The number of benzene rings is 1. The van der Waals surface area contributed by atoms with Gasteiger partial charge in [-0.2, -0.15) is 0 Å². The molecule has 1 aromatic carbocycles. The molecule has 0 aliphatic rings. The summed E-state index contributed by atoms with van der Waals surface area (Å²) in [5, 5.41) is 0. The Hall–Kier alpha value is -2.34. The van der Waals surface area contributed by atoms with Gasteiger partial charge in [0.2, 0.25) is 0 Å². The zero-order valence-corrected chi connectivity index (χ0v) is 11.7. The molecule has 0 aliphatic carbocycles. The van der Waals surface area contributed by atoms with Crippen LogP contribution in [0.15, 0.2) is 36.5 Å².